The second-order valence-corrected chi connectivity index (χ2v) is 4.95. The van der Waals surface area contributed by atoms with Crippen LogP contribution in [0.15, 0.2) is 48.5 Å². The molecule has 0 saturated carbocycles. The van der Waals surface area contributed by atoms with Crippen molar-refractivity contribution < 1.29 is 13.9 Å². The number of carbonyl (C=O) groups excluding carboxylic acids is 1. The summed E-state index contributed by atoms with van der Waals surface area (Å²) < 4.78 is 17.9. The van der Waals surface area contributed by atoms with Crippen LogP contribution < -0.4 is 15.4 Å². The van der Waals surface area contributed by atoms with Crippen molar-refractivity contribution >= 4 is 6.03 Å². The van der Waals surface area contributed by atoms with Crippen molar-refractivity contribution in [3.63, 3.8) is 0 Å². The Labute approximate surface area is 129 Å². The van der Waals surface area contributed by atoms with E-state index >= 15 is 0 Å². The van der Waals surface area contributed by atoms with Crippen molar-refractivity contribution in [3.05, 3.63) is 65.5 Å². The third-order valence-corrected chi connectivity index (χ3v) is 3.33. The number of nitrogens with one attached hydrogen (secondary N) is 2. The number of urea groups is 1. The Morgan fingerprint density at radius 2 is 1.77 bits per heavy atom. The Balaban J connectivity index is 1.83. The van der Waals surface area contributed by atoms with Gasteiger partial charge in [-0.25, -0.2) is 9.18 Å². The van der Waals surface area contributed by atoms with Gasteiger partial charge in [-0.3, -0.25) is 0 Å². The normalized spacial score (nSPS) is 11.6. The fraction of sp³-hybridized carbons (Fsp3) is 0.235. The van der Waals surface area contributed by atoms with E-state index in [0.717, 1.165) is 16.9 Å². The zero-order chi connectivity index (χ0) is 15.9. The van der Waals surface area contributed by atoms with E-state index in [1.165, 1.54) is 12.1 Å². The van der Waals surface area contributed by atoms with Crippen molar-refractivity contribution in [2.75, 3.05) is 7.11 Å². The summed E-state index contributed by atoms with van der Waals surface area (Å²) in [6, 6.07) is 13.1. The van der Waals surface area contributed by atoms with Gasteiger partial charge in [-0.05, 0) is 42.3 Å². The summed E-state index contributed by atoms with van der Waals surface area (Å²) in [5.74, 6) is 0.484. The van der Waals surface area contributed by atoms with Crippen molar-refractivity contribution in [1.29, 1.82) is 0 Å². The molecule has 1 atom stereocenters. The lowest BCUT2D eigenvalue weighted by atomic mass is 10.1. The quantitative estimate of drug-likeness (QED) is 0.889. The van der Waals surface area contributed by atoms with Crippen LogP contribution in [-0.2, 0) is 6.54 Å². The van der Waals surface area contributed by atoms with Gasteiger partial charge in [-0.15, -0.1) is 0 Å². The zero-order valence-electron chi connectivity index (χ0n) is 12.6. The Hall–Kier alpha value is -2.56. The Morgan fingerprint density at radius 3 is 2.36 bits per heavy atom. The van der Waals surface area contributed by atoms with Gasteiger partial charge < -0.3 is 15.4 Å². The molecule has 2 aromatic carbocycles. The second-order valence-electron chi connectivity index (χ2n) is 4.95. The van der Waals surface area contributed by atoms with Crippen LogP contribution in [0.2, 0.25) is 0 Å². The average Bonchev–Trinajstić information content (AvgIpc) is 2.54. The number of methoxy groups -OCH3 is 1. The molecule has 0 aromatic heterocycles. The molecule has 0 radical (unpaired) electrons. The smallest absolute Gasteiger partial charge is 0.315 e. The maximum Gasteiger partial charge on any atom is 0.315 e. The molecule has 2 amide bonds. The monoisotopic (exact) mass is 302 g/mol. The van der Waals surface area contributed by atoms with Crippen LogP contribution in [0.1, 0.15) is 24.1 Å². The molecule has 0 saturated heterocycles. The molecule has 0 spiro atoms. The van der Waals surface area contributed by atoms with Gasteiger partial charge in [0.2, 0.25) is 0 Å². The van der Waals surface area contributed by atoms with Gasteiger partial charge in [-0.2, -0.15) is 0 Å². The van der Waals surface area contributed by atoms with E-state index in [4.69, 9.17) is 4.74 Å². The van der Waals surface area contributed by atoms with Gasteiger partial charge in [0.15, 0.2) is 0 Å². The number of amides is 2. The maximum atomic E-state index is 12.8. The third kappa shape index (κ3) is 4.48. The molecular weight excluding hydrogens is 283 g/mol. The molecule has 0 fully saturated rings. The number of benzene rings is 2. The lowest BCUT2D eigenvalue weighted by Crippen LogP contribution is -2.36. The lowest BCUT2D eigenvalue weighted by Gasteiger charge is -2.15. The van der Waals surface area contributed by atoms with Crippen molar-refractivity contribution in [3.8, 4) is 5.75 Å². The zero-order valence-corrected chi connectivity index (χ0v) is 12.6. The number of ether oxygens (including phenoxy) is 1. The summed E-state index contributed by atoms with van der Waals surface area (Å²) in [7, 11) is 1.61. The summed E-state index contributed by atoms with van der Waals surface area (Å²) >= 11 is 0. The van der Waals surface area contributed by atoms with Gasteiger partial charge in [0.05, 0.1) is 13.2 Å². The highest BCUT2D eigenvalue weighted by molar-refractivity contribution is 5.74. The minimum atomic E-state index is -0.290. The van der Waals surface area contributed by atoms with Crippen molar-refractivity contribution in [2.24, 2.45) is 0 Å². The van der Waals surface area contributed by atoms with Crippen LogP contribution in [0.4, 0.5) is 9.18 Å². The molecule has 2 N–H and O–H groups in total. The number of hydrogen-bond acceptors (Lipinski definition) is 2. The third-order valence-electron chi connectivity index (χ3n) is 3.33. The standard InChI is InChI=1S/C17H19FN2O2/c1-12(14-5-9-16(22-2)10-6-14)20-17(21)19-11-13-3-7-15(18)8-4-13/h3-10,12H,11H2,1-2H3,(H2,19,20,21). The van der Waals surface area contributed by atoms with E-state index < -0.39 is 0 Å². The Bertz CT molecular complexity index is 612. The van der Waals surface area contributed by atoms with Crippen LogP contribution in [0.3, 0.4) is 0 Å². The fourth-order valence-corrected chi connectivity index (χ4v) is 2.01. The van der Waals surface area contributed by atoms with Crippen LogP contribution in [0.25, 0.3) is 0 Å². The highest BCUT2D eigenvalue weighted by atomic mass is 19.1. The van der Waals surface area contributed by atoms with E-state index in [1.807, 2.05) is 31.2 Å². The molecule has 0 bridgehead atoms. The highest BCUT2D eigenvalue weighted by Crippen LogP contribution is 2.17. The van der Waals surface area contributed by atoms with Crippen molar-refractivity contribution in [1.82, 2.24) is 10.6 Å². The first-order chi connectivity index (χ1) is 10.6. The van der Waals surface area contributed by atoms with Crippen LogP contribution in [0, 0.1) is 5.82 Å². The van der Waals surface area contributed by atoms with Crippen LogP contribution >= 0.6 is 0 Å². The average molecular weight is 302 g/mol. The molecule has 22 heavy (non-hydrogen) atoms. The van der Waals surface area contributed by atoms with E-state index in [0.29, 0.717) is 6.54 Å². The van der Waals surface area contributed by atoms with Gasteiger partial charge in [-0.1, -0.05) is 24.3 Å². The lowest BCUT2D eigenvalue weighted by molar-refractivity contribution is 0.237. The molecule has 1 unspecified atom stereocenters. The summed E-state index contributed by atoms with van der Waals surface area (Å²) in [5, 5.41) is 5.59. The minimum absolute atomic E-state index is 0.126. The SMILES string of the molecule is COc1ccc(C(C)NC(=O)NCc2ccc(F)cc2)cc1. The number of rotatable bonds is 5. The van der Waals surface area contributed by atoms with Gasteiger partial charge in [0, 0.05) is 6.54 Å². The van der Waals surface area contributed by atoms with Gasteiger partial charge >= 0.3 is 6.03 Å². The topological polar surface area (TPSA) is 50.4 Å². The van der Waals surface area contributed by atoms with Gasteiger partial charge in [0.25, 0.3) is 0 Å². The number of hydrogen-bond donors (Lipinski definition) is 2. The molecule has 0 aliphatic carbocycles. The molecule has 2 aromatic rings. The van der Waals surface area contributed by atoms with E-state index in [1.54, 1.807) is 19.2 Å². The number of carbonyl (C=O) groups is 1. The first-order valence-electron chi connectivity index (χ1n) is 7.01. The van der Waals surface area contributed by atoms with E-state index in [-0.39, 0.29) is 17.9 Å². The summed E-state index contributed by atoms with van der Waals surface area (Å²) in [6.07, 6.45) is 0. The van der Waals surface area contributed by atoms with Crippen LogP contribution in [0.5, 0.6) is 5.75 Å². The summed E-state index contributed by atoms with van der Waals surface area (Å²) in [4.78, 5) is 11.9. The molecular formula is C17H19FN2O2. The fourth-order valence-electron chi connectivity index (χ4n) is 2.01. The van der Waals surface area contributed by atoms with E-state index in [9.17, 15) is 9.18 Å². The molecule has 0 aliphatic heterocycles. The first kappa shape index (κ1) is 15.8. The predicted octanol–water partition coefficient (Wildman–Crippen LogP) is 3.39. The molecule has 4 nitrogen and oxygen atoms in total. The second kappa shape index (κ2) is 7.45. The largest absolute Gasteiger partial charge is 0.497 e. The molecule has 5 heteroatoms. The highest BCUT2D eigenvalue weighted by Gasteiger charge is 2.09. The minimum Gasteiger partial charge on any atom is -0.497 e. The van der Waals surface area contributed by atoms with Crippen LogP contribution in [-0.4, -0.2) is 13.1 Å². The number of halogens is 1. The molecule has 0 heterocycles. The van der Waals surface area contributed by atoms with E-state index in [2.05, 4.69) is 10.6 Å². The summed E-state index contributed by atoms with van der Waals surface area (Å²) in [5.41, 5.74) is 1.83. The Morgan fingerprint density at radius 1 is 1.14 bits per heavy atom. The molecule has 116 valence electrons. The molecule has 2 rings (SSSR count). The Kier molecular flexibility index (Phi) is 5.36. The van der Waals surface area contributed by atoms with Crippen molar-refractivity contribution in [2.45, 2.75) is 19.5 Å². The molecule has 0 aliphatic rings. The van der Waals surface area contributed by atoms with Gasteiger partial charge in [0.1, 0.15) is 11.6 Å². The summed E-state index contributed by atoms with van der Waals surface area (Å²) in [6.45, 7) is 2.25. The maximum absolute atomic E-state index is 12.8. The predicted molar refractivity (Wildman–Crippen MR) is 83.2 cm³/mol. The first-order valence-corrected chi connectivity index (χ1v) is 7.01.